The highest BCUT2D eigenvalue weighted by Crippen LogP contribution is 2.16. The zero-order valence-electron chi connectivity index (χ0n) is 44.6. The van der Waals surface area contributed by atoms with Gasteiger partial charge in [0.05, 0.1) is 25.4 Å². The Kier molecular flexibility index (Phi) is 54.6. The molecule has 0 aliphatic heterocycles. The molecule has 0 aromatic rings. The first-order valence-electron chi connectivity index (χ1n) is 29.4. The van der Waals surface area contributed by atoms with Crippen molar-refractivity contribution >= 4 is 11.9 Å². The highest BCUT2D eigenvalue weighted by Gasteiger charge is 2.17. The molecule has 67 heavy (non-hydrogen) atoms. The van der Waals surface area contributed by atoms with E-state index in [4.69, 9.17) is 4.74 Å². The van der Waals surface area contributed by atoms with Gasteiger partial charge in [-0.1, -0.05) is 262 Å². The molecule has 0 aliphatic carbocycles. The van der Waals surface area contributed by atoms with E-state index in [1.165, 1.54) is 218 Å². The quantitative estimate of drug-likeness (QED) is 0.0321. The molecule has 392 valence electrons. The lowest BCUT2D eigenvalue weighted by Crippen LogP contribution is -2.45. The average Bonchev–Trinajstić information content (AvgIpc) is 3.33. The number of hydrogen-bond donors (Lipinski definition) is 3. The number of rotatable bonds is 54. The van der Waals surface area contributed by atoms with Crippen molar-refractivity contribution in [1.82, 2.24) is 5.32 Å². The minimum absolute atomic E-state index is 0.0191. The first-order valence-corrected chi connectivity index (χ1v) is 29.4. The average molecular weight is 941 g/mol. The van der Waals surface area contributed by atoms with Gasteiger partial charge in [0.25, 0.3) is 0 Å². The third kappa shape index (κ3) is 53.0. The molecule has 0 bridgehead atoms. The summed E-state index contributed by atoms with van der Waals surface area (Å²) in [6.45, 7) is 4.84. The number of esters is 1. The van der Waals surface area contributed by atoms with Crippen LogP contribution in [0.4, 0.5) is 0 Å². The van der Waals surface area contributed by atoms with E-state index < -0.39 is 12.1 Å². The lowest BCUT2D eigenvalue weighted by atomic mass is 10.0. The van der Waals surface area contributed by atoms with Gasteiger partial charge in [0.15, 0.2) is 0 Å². The Morgan fingerprint density at radius 2 is 0.761 bits per heavy atom. The Labute approximate surface area is 416 Å². The van der Waals surface area contributed by atoms with Crippen LogP contribution in [0.5, 0.6) is 0 Å². The maximum absolute atomic E-state index is 12.4. The van der Waals surface area contributed by atoms with Crippen LogP contribution in [0.3, 0.4) is 0 Å². The van der Waals surface area contributed by atoms with Gasteiger partial charge in [0, 0.05) is 12.8 Å². The normalized spacial score (nSPS) is 13.0. The van der Waals surface area contributed by atoms with Gasteiger partial charge in [0.2, 0.25) is 5.91 Å². The van der Waals surface area contributed by atoms with Crippen molar-refractivity contribution < 1.29 is 24.5 Å². The molecule has 0 heterocycles. The smallest absolute Gasteiger partial charge is 0.305 e. The fourth-order valence-corrected chi connectivity index (χ4v) is 8.80. The van der Waals surface area contributed by atoms with Crippen LogP contribution in [-0.2, 0) is 14.3 Å². The van der Waals surface area contributed by atoms with Crippen molar-refractivity contribution in [2.45, 2.75) is 315 Å². The minimum Gasteiger partial charge on any atom is -0.466 e. The molecule has 0 rings (SSSR count). The largest absolute Gasteiger partial charge is 0.466 e. The van der Waals surface area contributed by atoms with E-state index in [1.54, 1.807) is 6.08 Å². The molecule has 2 atom stereocenters. The van der Waals surface area contributed by atoms with Crippen LogP contribution in [0.25, 0.3) is 0 Å². The van der Waals surface area contributed by atoms with Gasteiger partial charge in [-0.15, -0.1) is 0 Å². The van der Waals surface area contributed by atoms with Gasteiger partial charge in [0.1, 0.15) is 0 Å². The Balaban J connectivity index is 3.55. The molecule has 0 aliphatic rings. The molecule has 1 amide bonds. The van der Waals surface area contributed by atoms with E-state index >= 15 is 0 Å². The van der Waals surface area contributed by atoms with Gasteiger partial charge in [-0.3, -0.25) is 9.59 Å². The Bertz CT molecular complexity index is 1130. The summed E-state index contributed by atoms with van der Waals surface area (Å²) in [5.74, 6) is -0.167. The van der Waals surface area contributed by atoms with Crippen LogP contribution >= 0.6 is 0 Å². The van der Waals surface area contributed by atoms with Crippen molar-refractivity contribution in [2.24, 2.45) is 0 Å². The molecule has 6 heteroatoms. The topological polar surface area (TPSA) is 95.9 Å². The first kappa shape index (κ1) is 64.8. The monoisotopic (exact) mass is 940 g/mol. The number of carbonyl (C=O) groups is 2. The third-order valence-electron chi connectivity index (χ3n) is 13.3. The van der Waals surface area contributed by atoms with Crippen molar-refractivity contribution in [3.8, 4) is 0 Å². The maximum Gasteiger partial charge on any atom is 0.305 e. The van der Waals surface area contributed by atoms with E-state index in [2.05, 4.69) is 49.5 Å². The number of amides is 1. The minimum atomic E-state index is -0.880. The molecule has 0 saturated carbocycles. The van der Waals surface area contributed by atoms with Crippen LogP contribution < -0.4 is 5.32 Å². The van der Waals surface area contributed by atoms with Crippen molar-refractivity contribution in [1.29, 1.82) is 0 Å². The van der Waals surface area contributed by atoms with Gasteiger partial charge < -0.3 is 20.3 Å². The van der Waals surface area contributed by atoms with Crippen molar-refractivity contribution in [3.05, 3.63) is 48.6 Å². The number of allylic oxidation sites excluding steroid dienone is 7. The highest BCUT2D eigenvalue weighted by molar-refractivity contribution is 5.76. The van der Waals surface area contributed by atoms with E-state index in [-0.39, 0.29) is 18.5 Å². The SMILES string of the molecule is CCCCCCCC/C=C\CCCCCCCCCCCC(=O)OCCCCCCCC/C=C\C/C=C\CCC(=O)NC(CO)C(O)/C=C/CCCCCCCCCCCCCCCCCC. The van der Waals surface area contributed by atoms with Crippen molar-refractivity contribution in [2.75, 3.05) is 13.2 Å². The number of hydrogen-bond acceptors (Lipinski definition) is 5. The summed E-state index contributed by atoms with van der Waals surface area (Å²) in [6, 6.07) is -0.673. The van der Waals surface area contributed by atoms with Crippen LogP contribution in [-0.4, -0.2) is 47.4 Å². The summed E-state index contributed by atoms with van der Waals surface area (Å²) in [5.41, 5.74) is 0. The second-order valence-corrected chi connectivity index (χ2v) is 20.0. The van der Waals surface area contributed by atoms with Crippen molar-refractivity contribution in [3.63, 3.8) is 0 Å². The Hall–Kier alpha value is -2.18. The van der Waals surface area contributed by atoms with Crippen LogP contribution in [0, 0.1) is 0 Å². The Morgan fingerprint density at radius 3 is 1.18 bits per heavy atom. The molecule has 3 N–H and O–H groups in total. The lowest BCUT2D eigenvalue weighted by molar-refractivity contribution is -0.143. The molecule has 0 radical (unpaired) electrons. The summed E-state index contributed by atoms with van der Waals surface area (Å²) in [4.78, 5) is 24.5. The molecule has 0 aromatic heterocycles. The van der Waals surface area contributed by atoms with Gasteiger partial charge in [-0.05, 0) is 77.0 Å². The number of aliphatic hydroxyl groups excluding tert-OH is 2. The molecule has 0 saturated heterocycles. The van der Waals surface area contributed by atoms with Gasteiger partial charge >= 0.3 is 5.97 Å². The molecule has 0 fully saturated rings. The molecule has 2 unspecified atom stereocenters. The summed E-state index contributed by atoms with van der Waals surface area (Å²) in [7, 11) is 0. The maximum atomic E-state index is 12.4. The van der Waals surface area contributed by atoms with Crippen LogP contribution in [0.2, 0.25) is 0 Å². The fourth-order valence-electron chi connectivity index (χ4n) is 8.80. The molecule has 6 nitrogen and oxygen atoms in total. The van der Waals surface area contributed by atoms with Gasteiger partial charge in [-0.25, -0.2) is 0 Å². The summed E-state index contributed by atoms with van der Waals surface area (Å²) in [5, 5.41) is 23.1. The number of ether oxygens (including phenoxy) is 1. The standard InChI is InChI=1S/C61H113NO5/c1-3-5-7-9-11-13-15-17-19-21-23-25-27-31-35-39-43-47-51-55-61(66)67-56-52-48-44-40-36-32-28-30-34-38-42-46-50-54-60(65)62-58(57-63)59(64)53-49-45-41-37-33-29-26-24-22-20-18-16-14-12-10-8-6-4-2/h17,19,30,34,42,46,49,53,58-59,63-64H,3-16,18,20-29,31-33,35-41,43-45,47-48,50-52,54-57H2,1-2H3,(H,62,65)/b19-17-,34-30-,46-42-,53-49+. The number of unbranched alkanes of at least 4 members (excludes halogenated alkanes) is 37. The van der Waals surface area contributed by atoms with E-state index in [0.717, 1.165) is 51.4 Å². The van der Waals surface area contributed by atoms with Crippen LogP contribution in [0.1, 0.15) is 303 Å². The van der Waals surface area contributed by atoms with Crippen LogP contribution in [0.15, 0.2) is 48.6 Å². The second-order valence-electron chi connectivity index (χ2n) is 20.0. The first-order chi connectivity index (χ1) is 33.0. The lowest BCUT2D eigenvalue weighted by Gasteiger charge is -2.19. The predicted octanol–water partition coefficient (Wildman–Crippen LogP) is 18.2. The van der Waals surface area contributed by atoms with E-state index in [9.17, 15) is 19.8 Å². The predicted molar refractivity (Wildman–Crippen MR) is 292 cm³/mol. The van der Waals surface area contributed by atoms with E-state index in [0.29, 0.717) is 25.9 Å². The third-order valence-corrected chi connectivity index (χ3v) is 13.3. The Morgan fingerprint density at radius 1 is 0.418 bits per heavy atom. The number of nitrogens with one attached hydrogen (secondary N) is 1. The number of aliphatic hydroxyl groups is 2. The fraction of sp³-hybridized carbons (Fsp3) is 0.836. The zero-order chi connectivity index (χ0) is 48.6. The van der Waals surface area contributed by atoms with E-state index in [1.807, 2.05) is 12.2 Å². The summed E-state index contributed by atoms with van der Waals surface area (Å²) >= 11 is 0. The molecular weight excluding hydrogens is 827 g/mol. The second kappa shape index (κ2) is 56.4. The molecular formula is C61H113NO5. The summed E-state index contributed by atoms with van der Waals surface area (Å²) < 4.78 is 5.47. The molecule has 0 aromatic carbocycles. The zero-order valence-corrected chi connectivity index (χ0v) is 44.6. The molecule has 0 spiro atoms. The highest BCUT2D eigenvalue weighted by atomic mass is 16.5. The van der Waals surface area contributed by atoms with Gasteiger partial charge in [-0.2, -0.15) is 0 Å². The summed E-state index contributed by atoms with van der Waals surface area (Å²) in [6.07, 6.45) is 71.5. The number of carbonyl (C=O) groups excluding carboxylic acids is 2.